The molecule has 1 aliphatic carbocycles. The summed E-state index contributed by atoms with van der Waals surface area (Å²) >= 11 is 0. The maximum atomic E-state index is 12.1. The maximum Gasteiger partial charge on any atom is 0.326 e. The summed E-state index contributed by atoms with van der Waals surface area (Å²) in [4.78, 5) is 23.2. The second-order valence-electron chi connectivity index (χ2n) is 5.77. The molecule has 7 nitrogen and oxygen atoms in total. The highest BCUT2D eigenvalue weighted by Gasteiger charge is 2.29. The van der Waals surface area contributed by atoms with Crippen LogP contribution in [0, 0.1) is 11.8 Å². The summed E-state index contributed by atoms with van der Waals surface area (Å²) in [5, 5.41) is 11.5. The Bertz CT molecular complexity index is 469. The number of carboxylic acids is 1. The fourth-order valence-corrected chi connectivity index (χ4v) is 3.20. The van der Waals surface area contributed by atoms with Gasteiger partial charge in [0.1, 0.15) is 15.9 Å². The van der Waals surface area contributed by atoms with Crippen molar-refractivity contribution >= 4 is 21.7 Å². The number of carbonyl (C=O) groups excluding carboxylic acids is 1. The summed E-state index contributed by atoms with van der Waals surface area (Å²) in [6.45, 7) is 0.612. The summed E-state index contributed by atoms with van der Waals surface area (Å²) < 4.78 is 22.2. The standard InChI is InChI=1S/C13H24N2O5S/c1-21(19,20)7-6-11(13(17)18)15-12(16)10-4-2-9(8-14)3-5-10/h9-11H,2-8,14H2,1H3,(H,15,16)(H,17,18). The fraction of sp³-hybridized carbons (Fsp3) is 0.846. The summed E-state index contributed by atoms with van der Waals surface area (Å²) in [6.07, 6.45) is 4.07. The van der Waals surface area contributed by atoms with Crippen molar-refractivity contribution in [2.24, 2.45) is 17.6 Å². The average Bonchev–Trinajstić information content (AvgIpc) is 2.42. The first kappa shape index (κ1) is 17.9. The van der Waals surface area contributed by atoms with Crippen LogP contribution in [-0.4, -0.2) is 50.0 Å². The molecule has 0 spiro atoms. The predicted molar refractivity (Wildman–Crippen MR) is 78.4 cm³/mol. The molecule has 4 N–H and O–H groups in total. The molecule has 1 fully saturated rings. The topological polar surface area (TPSA) is 127 Å². The Kier molecular flexibility index (Phi) is 6.60. The monoisotopic (exact) mass is 320 g/mol. The molecule has 1 atom stereocenters. The molecule has 0 aromatic rings. The zero-order chi connectivity index (χ0) is 16.0. The number of nitrogens with one attached hydrogen (secondary N) is 1. The Labute approximate surface area is 125 Å². The van der Waals surface area contributed by atoms with Crippen LogP contribution in [0.1, 0.15) is 32.1 Å². The van der Waals surface area contributed by atoms with Crippen LogP contribution in [0.3, 0.4) is 0 Å². The van der Waals surface area contributed by atoms with Crippen LogP contribution >= 0.6 is 0 Å². The molecule has 1 unspecified atom stereocenters. The van der Waals surface area contributed by atoms with Crippen LogP contribution in [0.4, 0.5) is 0 Å². The summed E-state index contributed by atoms with van der Waals surface area (Å²) in [5.74, 6) is -1.53. The van der Waals surface area contributed by atoms with Gasteiger partial charge in [-0.25, -0.2) is 13.2 Å². The lowest BCUT2D eigenvalue weighted by molar-refractivity contribution is -0.142. The number of rotatable bonds is 7. The lowest BCUT2D eigenvalue weighted by Crippen LogP contribution is -2.45. The highest BCUT2D eigenvalue weighted by Crippen LogP contribution is 2.28. The maximum absolute atomic E-state index is 12.1. The van der Waals surface area contributed by atoms with Gasteiger partial charge in [-0.3, -0.25) is 4.79 Å². The minimum atomic E-state index is -3.25. The van der Waals surface area contributed by atoms with E-state index in [1.165, 1.54) is 0 Å². The minimum absolute atomic E-state index is 0.113. The molecule has 0 aromatic carbocycles. The lowest BCUT2D eigenvalue weighted by atomic mass is 9.81. The number of hydrogen-bond donors (Lipinski definition) is 3. The number of nitrogens with two attached hydrogens (primary N) is 1. The van der Waals surface area contributed by atoms with Crippen molar-refractivity contribution < 1.29 is 23.1 Å². The third-order valence-corrected chi connectivity index (χ3v) is 4.92. The first-order valence-corrected chi connectivity index (χ1v) is 9.20. The molecular formula is C13H24N2O5S. The van der Waals surface area contributed by atoms with Gasteiger partial charge in [0.05, 0.1) is 5.75 Å². The molecule has 0 saturated heterocycles. The molecule has 0 bridgehead atoms. The molecule has 1 amide bonds. The smallest absolute Gasteiger partial charge is 0.326 e. The van der Waals surface area contributed by atoms with Gasteiger partial charge in [0.2, 0.25) is 5.91 Å². The highest BCUT2D eigenvalue weighted by atomic mass is 32.2. The number of amides is 1. The SMILES string of the molecule is CS(=O)(=O)CCC(NC(=O)C1CCC(CN)CC1)C(=O)O. The molecular weight excluding hydrogens is 296 g/mol. The average molecular weight is 320 g/mol. The molecule has 0 aromatic heterocycles. The number of carboxylic acid groups (broad SMARTS) is 1. The molecule has 8 heteroatoms. The van der Waals surface area contributed by atoms with E-state index in [9.17, 15) is 18.0 Å². The summed E-state index contributed by atoms with van der Waals surface area (Å²) in [5.41, 5.74) is 5.59. The van der Waals surface area contributed by atoms with Crippen molar-refractivity contribution in [1.29, 1.82) is 0 Å². The van der Waals surface area contributed by atoms with Crippen LogP contribution in [0.15, 0.2) is 0 Å². The van der Waals surface area contributed by atoms with Crippen molar-refractivity contribution in [3.63, 3.8) is 0 Å². The van der Waals surface area contributed by atoms with Gasteiger partial charge >= 0.3 is 5.97 Å². The molecule has 1 saturated carbocycles. The zero-order valence-corrected chi connectivity index (χ0v) is 13.1. The second kappa shape index (κ2) is 7.74. The molecule has 0 heterocycles. The largest absolute Gasteiger partial charge is 0.480 e. The van der Waals surface area contributed by atoms with E-state index < -0.39 is 21.8 Å². The molecule has 1 aliphatic rings. The third-order valence-electron chi connectivity index (χ3n) is 3.94. The van der Waals surface area contributed by atoms with Gasteiger partial charge in [-0.1, -0.05) is 0 Å². The molecule has 0 radical (unpaired) electrons. The van der Waals surface area contributed by atoms with Gasteiger partial charge in [-0.2, -0.15) is 0 Å². The van der Waals surface area contributed by atoms with E-state index in [1.54, 1.807) is 0 Å². The number of hydrogen-bond acceptors (Lipinski definition) is 5. The number of aliphatic carboxylic acids is 1. The van der Waals surface area contributed by atoms with Gasteiger partial charge in [0.25, 0.3) is 0 Å². The van der Waals surface area contributed by atoms with E-state index in [2.05, 4.69) is 5.32 Å². The van der Waals surface area contributed by atoms with Crippen LogP contribution < -0.4 is 11.1 Å². The van der Waals surface area contributed by atoms with Gasteiger partial charge in [-0.15, -0.1) is 0 Å². The summed E-state index contributed by atoms with van der Waals surface area (Å²) in [7, 11) is -3.25. The summed E-state index contributed by atoms with van der Waals surface area (Å²) in [6, 6.07) is -1.15. The van der Waals surface area contributed by atoms with Gasteiger partial charge in [0, 0.05) is 12.2 Å². The van der Waals surface area contributed by atoms with E-state index in [0.29, 0.717) is 25.3 Å². The van der Waals surface area contributed by atoms with Crippen molar-refractivity contribution in [2.45, 2.75) is 38.1 Å². The van der Waals surface area contributed by atoms with Crippen molar-refractivity contribution in [1.82, 2.24) is 5.32 Å². The van der Waals surface area contributed by atoms with E-state index in [4.69, 9.17) is 10.8 Å². The van der Waals surface area contributed by atoms with E-state index in [1.807, 2.05) is 0 Å². The van der Waals surface area contributed by atoms with Crippen molar-refractivity contribution in [3.05, 3.63) is 0 Å². The predicted octanol–water partition coefficient (Wildman–Crippen LogP) is -0.244. The first-order chi connectivity index (χ1) is 9.73. The van der Waals surface area contributed by atoms with Crippen molar-refractivity contribution in [3.8, 4) is 0 Å². The quantitative estimate of drug-likeness (QED) is 0.594. The fourth-order valence-electron chi connectivity index (χ4n) is 2.54. The van der Waals surface area contributed by atoms with E-state index >= 15 is 0 Å². The number of carbonyl (C=O) groups is 2. The second-order valence-corrected chi connectivity index (χ2v) is 8.03. The molecule has 21 heavy (non-hydrogen) atoms. The van der Waals surface area contributed by atoms with Gasteiger partial charge in [-0.05, 0) is 44.6 Å². The Morgan fingerprint density at radius 1 is 1.29 bits per heavy atom. The normalized spacial score (nSPS) is 24.3. The van der Waals surface area contributed by atoms with Crippen LogP contribution in [0.5, 0.6) is 0 Å². The molecule has 0 aliphatic heterocycles. The molecule has 1 rings (SSSR count). The van der Waals surface area contributed by atoms with Crippen LogP contribution in [0.2, 0.25) is 0 Å². The Morgan fingerprint density at radius 3 is 2.29 bits per heavy atom. The minimum Gasteiger partial charge on any atom is -0.480 e. The van der Waals surface area contributed by atoms with Crippen LogP contribution in [-0.2, 0) is 19.4 Å². The number of sulfone groups is 1. The third kappa shape index (κ3) is 6.43. The lowest BCUT2D eigenvalue weighted by Gasteiger charge is -2.27. The first-order valence-electron chi connectivity index (χ1n) is 7.14. The van der Waals surface area contributed by atoms with Crippen molar-refractivity contribution in [2.75, 3.05) is 18.6 Å². The van der Waals surface area contributed by atoms with E-state index in [-0.39, 0.29) is 24.0 Å². The Hall–Kier alpha value is -1.15. The van der Waals surface area contributed by atoms with Crippen LogP contribution in [0.25, 0.3) is 0 Å². The highest BCUT2D eigenvalue weighted by molar-refractivity contribution is 7.90. The van der Waals surface area contributed by atoms with E-state index in [0.717, 1.165) is 19.1 Å². The molecule has 122 valence electrons. The van der Waals surface area contributed by atoms with Gasteiger partial charge < -0.3 is 16.2 Å². The Balaban J connectivity index is 2.51. The van der Waals surface area contributed by atoms with Gasteiger partial charge in [0.15, 0.2) is 0 Å². The Morgan fingerprint density at radius 2 is 1.86 bits per heavy atom. The zero-order valence-electron chi connectivity index (χ0n) is 12.2.